The van der Waals surface area contributed by atoms with E-state index >= 15 is 0 Å². The number of fused-ring (bicyclic) bond motifs is 1. The molecule has 1 aromatic heterocycles. The normalized spacial score (nSPS) is 15.5. The molecule has 1 fully saturated rings. The van der Waals surface area contributed by atoms with Crippen molar-refractivity contribution in [1.82, 2.24) is 4.57 Å². The molecule has 152 valence electrons. The van der Waals surface area contributed by atoms with Crippen molar-refractivity contribution < 1.29 is 14.0 Å². The van der Waals surface area contributed by atoms with Crippen LogP contribution in [0.1, 0.15) is 49.7 Å². The van der Waals surface area contributed by atoms with Gasteiger partial charge in [0.1, 0.15) is 5.69 Å². The zero-order valence-corrected chi connectivity index (χ0v) is 19.0. The first-order chi connectivity index (χ1) is 13.1. The van der Waals surface area contributed by atoms with Gasteiger partial charge in [-0.15, -0.1) is 0 Å². The van der Waals surface area contributed by atoms with Crippen molar-refractivity contribution in [2.75, 3.05) is 13.7 Å². The fraction of sp³-hybridized carbons (Fsp3) is 0.522. The number of hydrogen-bond acceptors (Lipinski definition) is 3. The van der Waals surface area contributed by atoms with Crippen molar-refractivity contribution in [3.8, 4) is 0 Å². The summed E-state index contributed by atoms with van der Waals surface area (Å²) in [6.07, 6.45) is 6.69. The Morgan fingerprint density at radius 3 is 2.61 bits per heavy atom. The van der Waals surface area contributed by atoms with Crippen molar-refractivity contribution in [2.45, 2.75) is 58.3 Å². The summed E-state index contributed by atoms with van der Waals surface area (Å²) in [7, 11) is -0.310. The zero-order chi connectivity index (χ0) is 20.5. The second-order valence-electron chi connectivity index (χ2n) is 9.33. The summed E-state index contributed by atoms with van der Waals surface area (Å²) in [6.45, 7) is 12.8. The van der Waals surface area contributed by atoms with Crippen molar-refractivity contribution in [1.29, 1.82) is 0 Å². The van der Waals surface area contributed by atoms with Crippen LogP contribution in [0.4, 0.5) is 0 Å². The highest BCUT2D eigenvalue weighted by molar-refractivity contribution is 6.74. The van der Waals surface area contributed by atoms with E-state index in [1.54, 1.807) is 0 Å². The number of carbonyl (C=O) groups is 1. The molecule has 0 N–H and O–H groups in total. The highest BCUT2D eigenvalue weighted by atomic mass is 28.4. The summed E-state index contributed by atoms with van der Waals surface area (Å²) in [4.78, 5) is 12.3. The van der Waals surface area contributed by atoms with Crippen LogP contribution < -0.4 is 0 Å². The van der Waals surface area contributed by atoms with Crippen LogP contribution in [0.3, 0.4) is 0 Å². The quantitative estimate of drug-likeness (QED) is 0.432. The number of carbonyl (C=O) groups excluding carboxylic acids is 1. The van der Waals surface area contributed by atoms with Gasteiger partial charge in [-0.3, -0.25) is 0 Å². The van der Waals surface area contributed by atoms with E-state index in [0.717, 1.165) is 23.0 Å². The molecule has 0 spiro atoms. The van der Waals surface area contributed by atoms with E-state index in [1.807, 2.05) is 12.1 Å². The maximum Gasteiger partial charge on any atom is 0.354 e. The fourth-order valence-corrected chi connectivity index (χ4v) is 4.10. The molecule has 0 amide bonds. The molecule has 1 aliphatic rings. The lowest BCUT2D eigenvalue weighted by Crippen LogP contribution is -2.40. The molecule has 1 aliphatic carbocycles. The Kier molecular flexibility index (Phi) is 5.87. The Morgan fingerprint density at radius 2 is 2.00 bits per heavy atom. The van der Waals surface area contributed by atoms with E-state index < -0.39 is 8.32 Å². The number of ether oxygens (including phenoxy) is 1. The Bertz CT molecular complexity index is 885. The number of benzene rings is 1. The molecule has 2 aromatic rings. The maximum absolute atomic E-state index is 12.3. The Morgan fingerprint density at radius 1 is 1.29 bits per heavy atom. The van der Waals surface area contributed by atoms with E-state index in [4.69, 9.17) is 9.16 Å². The molecule has 1 heterocycles. The lowest BCUT2D eigenvalue weighted by atomic mass is 10.1. The fourth-order valence-electron chi connectivity index (χ4n) is 3.16. The van der Waals surface area contributed by atoms with Crippen LogP contribution in [-0.4, -0.2) is 32.6 Å². The number of para-hydroxylation sites is 1. The van der Waals surface area contributed by atoms with Crippen LogP contribution in [0.15, 0.2) is 30.3 Å². The lowest BCUT2D eigenvalue weighted by Gasteiger charge is -2.35. The van der Waals surface area contributed by atoms with E-state index in [9.17, 15) is 4.79 Å². The Hall–Kier alpha value is -1.85. The third-order valence-electron chi connectivity index (χ3n) is 6.13. The van der Waals surface area contributed by atoms with E-state index in [0.29, 0.717) is 18.2 Å². The number of methoxy groups -OCH3 is 1. The van der Waals surface area contributed by atoms with Crippen LogP contribution in [0.25, 0.3) is 17.0 Å². The first kappa shape index (κ1) is 20.9. The van der Waals surface area contributed by atoms with Crippen LogP contribution >= 0.6 is 0 Å². The highest BCUT2D eigenvalue weighted by Gasteiger charge is 2.36. The lowest BCUT2D eigenvalue weighted by molar-refractivity contribution is 0.0588. The average Bonchev–Trinajstić information content (AvgIpc) is 3.37. The second-order valence-corrected chi connectivity index (χ2v) is 14.1. The topological polar surface area (TPSA) is 40.5 Å². The van der Waals surface area contributed by atoms with Gasteiger partial charge in [0, 0.05) is 11.9 Å². The predicted octanol–water partition coefficient (Wildman–Crippen LogP) is 5.87. The minimum absolute atomic E-state index is 0.204. The van der Waals surface area contributed by atoms with Gasteiger partial charge in [-0.05, 0) is 48.5 Å². The molecular formula is C23H33NO3Si. The van der Waals surface area contributed by atoms with Crippen LogP contribution in [0.2, 0.25) is 18.1 Å². The van der Waals surface area contributed by atoms with Gasteiger partial charge in [-0.1, -0.05) is 51.1 Å². The van der Waals surface area contributed by atoms with Crippen molar-refractivity contribution in [2.24, 2.45) is 5.92 Å². The average molecular weight is 400 g/mol. The SMILES string of the molecule is COC(=O)c1cc2cccc(/C=C/CO[Si](C)(C)C(C)(C)C)c2n1CC1CC1. The summed E-state index contributed by atoms with van der Waals surface area (Å²) in [6, 6.07) is 8.16. The molecule has 28 heavy (non-hydrogen) atoms. The molecule has 0 bridgehead atoms. The number of esters is 1. The Labute approximate surface area is 169 Å². The number of hydrogen-bond donors (Lipinski definition) is 0. The molecule has 0 unspecified atom stereocenters. The molecule has 5 heteroatoms. The summed E-state index contributed by atoms with van der Waals surface area (Å²) < 4.78 is 13.4. The van der Waals surface area contributed by atoms with Gasteiger partial charge < -0.3 is 13.7 Å². The molecule has 0 radical (unpaired) electrons. The van der Waals surface area contributed by atoms with Gasteiger partial charge >= 0.3 is 5.97 Å². The van der Waals surface area contributed by atoms with Gasteiger partial charge in [-0.2, -0.15) is 0 Å². The smallest absolute Gasteiger partial charge is 0.354 e. The monoisotopic (exact) mass is 399 g/mol. The standard InChI is InChI=1S/C23H33NO3Si/c1-23(2,3)28(5,6)27-14-8-11-18-9-7-10-19-15-20(22(25)26-4)24(21(18)19)16-17-12-13-17/h7-11,15,17H,12-14,16H2,1-6H3/b11-8+. The van der Waals surface area contributed by atoms with E-state index in [2.05, 4.69) is 62.7 Å². The van der Waals surface area contributed by atoms with Gasteiger partial charge in [0.05, 0.1) is 19.2 Å². The number of aromatic nitrogens is 1. The molecule has 3 rings (SSSR count). The second kappa shape index (κ2) is 7.88. The van der Waals surface area contributed by atoms with Crippen molar-refractivity contribution in [3.63, 3.8) is 0 Å². The van der Waals surface area contributed by atoms with Gasteiger partial charge in [-0.25, -0.2) is 4.79 Å². The molecular weight excluding hydrogens is 366 g/mol. The third-order valence-corrected chi connectivity index (χ3v) is 10.6. The van der Waals surface area contributed by atoms with Gasteiger partial charge in [0.2, 0.25) is 0 Å². The van der Waals surface area contributed by atoms with Crippen LogP contribution in [0, 0.1) is 5.92 Å². The van der Waals surface area contributed by atoms with Crippen molar-refractivity contribution >= 4 is 31.3 Å². The Balaban J connectivity index is 1.89. The number of rotatable bonds is 7. The van der Waals surface area contributed by atoms with Crippen molar-refractivity contribution in [3.05, 3.63) is 41.6 Å². The summed E-state index contributed by atoms with van der Waals surface area (Å²) >= 11 is 0. The van der Waals surface area contributed by atoms with E-state index in [-0.39, 0.29) is 11.0 Å². The molecule has 0 atom stereocenters. The van der Waals surface area contributed by atoms with Gasteiger partial charge in [0.25, 0.3) is 0 Å². The molecule has 1 aromatic carbocycles. The van der Waals surface area contributed by atoms with E-state index in [1.165, 1.54) is 20.0 Å². The predicted molar refractivity (Wildman–Crippen MR) is 118 cm³/mol. The maximum atomic E-state index is 12.3. The first-order valence-corrected chi connectivity index (χ1v) is 13.1. The first-order valence-electron chi connectivity index (χ1n) is 10.1. The minimum atomic E-state index is -1.75. The van der Waals surface area contributed by atoms with Crippen LogP contribution in [0.5, 0.6) is 0 Å². The molecule has 4 nitrogen and oxygen atoms in total. The third kappa shape index (κ3) is 4.41. The minimum Gasteiger partial charge on any atom is -0.464 e. The largest absolute Gasteiger partial charge is 0.464 e. The van der Waals surface area contributed by atoms with Crippen LogP contribution in [-0.2, 0) is 15.7 Å². The zero-order valence-electron chi connectivity index (χ0n) is 18.0. The summed E-state index contributed by atoms with van der Waals surface area (Å²) in [5, 5.41) is 1.28. The molecule has 0 saturated heterocycles. The number of nitrogens with zero attached hydrogens (tertiary/aromatic N) is 1. The van der Waals surface area contributed by atoms with Gasteiger partial charge in [0.15, 0.2) is 8.32 Å². The summed E-state index contributed by atoms with van der Waals surface area (Å²) in [5.41, 5.74) is 2.87. The molecule has 0 aliphatic heterocycles. The molecule has 1 saturated carbocycles. The summed E-state index contributed by atoms with van der Waals surface area (Å²) in [5.74, 6) is 0.394. The highest BCUT2D eigenvalue weighted by Crippen LogP contribution is 2.37.